The second-order valence-electron chi connectivity index (χ2n) is 4.95. The van der Waals surface area contributed by atoms with Crippen LogP contribution in [0.1, 0.15) is 12.8 Å². The summed E-state index contributed by atoms with van der Waals surface area (Å²) in [6.45, 7) is 0.714. The van der Waals surface area contributed by atoms with Gasteiger partial charge in [0, 0.05) is 19.2 Å². The Morgan fingerprint density at radius 1 is 1.48 bits per heavy atom. The van der Waals surface area contributed by atoms with Gasteiger partial charge >= 0.3 is 0 Å². The van der Waals surface area contributed by atoms with E-state index in [1.54, 1.807) is 4.90 Å². The zero-order valence-electron chi connectivity index (χ0n) is 11.4. The van der Waals surface area contributed by atoms with Crippen molar-refractivity contribution in [3.63, 3.8) is 0 Å². The Hall–Kier alpha value is -1.82. The van der Waals surface area contributed by atoms with E-state index in [2.05, 4.69) is 0 Å². The second kappa shape index (κ2) is 6.76. The molecule has 0 spiro atoms. The topological polar surface area (TPSA) is 72.6 Å². The predicted molar refractivity (Wildman–Crippen MR) is 75.4 cm³/mol. The number of piperidine rings is 1. The van der Waals surface area contributed by atoms with Crippen LogP contribution in [0.25, 0.3) is 0 Å². The fraction of sp³-hybridized carbons (Fsp3) is 0.429. The van der Waals surface area contributed by atoms with Crippen LogP contribution < -0.4 is 10.5 Å². The molecule has 1 saturated heterocycles. The molecule has 0 saturated carbocycles. The van der Waals surface area contributed by atoms with Gasteiger partial charge in [-0.15, -0.1) is 0 Å². The van der Waals surface area contributed by atoms with Crippen molar-refractivity contribution in [2.45, 2.75) is 12.8 Å². The molecule has 1 aliphatic heterocycles. The average Bonchev–Trinajstić information content (AvgIpc) is 2.48. The summed E-state index contributed by atoms with van der Waals surface area (Å²) < 4.78 is 18.3. The Kier molecular flexibility index (Phi) is 5.01. The van der Waals surface area contributed by atoms with E-state index in [1.165, 1.54) is 18.2 Å². The molecule has 5 nitrogen and oxygen atoms in total. The van der Waals surface area contributed by atoms with Crippen LogP contribution in [0.3, 0.4) is 0 Å². The van der Waals surface area contributed by atoms with Gasteiger partial charge in [-0.1, -0.05) is 11.6 Å². The first-order valence-electron chi connectivity index (χ1n) is 6.62. The highest BCUT2D eigenvalue weighted by Crippen LogP contribution is 2.21. The lowest BCUT2D eigenvalue weighted by molar-refractivity contribution is -0.136. The molecule has 1 aromatic carbocycles. The van der Waals surface area contributed by atoms with Crippen LogP contribution in [0, 0.1) is 11.7 Å². The molecule has 0 bridgehead atoms. The zero-order valence-corrected chi connectivity index (χ0v) is 12.1. The van der Waals surface area contributed by atoms with E-state index in [0.717, 1.165) is 6.42 Å². The number of hydrogen-bond donors (Lipinski definition) is 1. The molecule has 0 unspecified atom stereocenters. The number of likely N-dealkylation sites (tertiary alicyclic amines) is 1. The molecule has 114 valence electrons. The molecule has 1 aliphatic rings. The van der Waals surface area contributed by atoms with Crippen LogP contribution in [-0.2, 0) is 9.59 Å². The van der Waals surface area contributed by atoms with Crippen molar-refractivity contribution >= 4 is 23.4 Å². The smallest absolute Gasteiger partial charge is 0.260 e. The lowest BCUT2D eigenvalue weighted by atomic mass is 9.97. The highest BCUT2D eigenvalue weighted by molar-refractivity contribution is 6.30. The number of halogens is 2. The number of amides is 2. The summed E-state index contributed by atoms with van der Waals surface area (Å²) in [5, 5.41) is -0.0632. The van der Waals surface area contributed by atoms with Gasteiger partial charge in [0.1, 0.15) is 11.6 Å². The van der Waals surface area contributed by atoms with Crippen molar-refractivity contribution in [1.82, 2.24) is 4.90 Å². The fourth-order valence-corrected chi connectivity index (χ4v) is 2.41. The van der Waals surface area contributed by atoms with Gasteiger partial charge in [0.15, 0.2) is 6.61 Å². The Labute approximate surface area is 126 Å². The summed E-state index contributed by atoms with van der Waals surface area (Å²) >= 11 is 5.63. The Bertz CT molecular complexity index is 553. The van der Waals surface area contributed by atoms with Crippen molar-refractivity contribution in [3.8, 4) is 5.75 Å². The maximum Gasteiger partial charge on any atom is 0.260 e. The van der Waals surface area contributed by atoms with Gasteiger partial charge in [0.2, 0.25) is 5.91 Å². The number of primary amides is 1. The minimum atomic E-state index is -0.546. The summed E-state index contributed by atoms with van der Waals surface area (Å²) in [5.41, 5.74) is 5.27. The molecule has 2 N–H and O–H groups in total. The third kappa shape index (κ3) is 4.07. The zero-order chi connectivity index (χ0) is 15.4. The summed E-state index contributed by atoms with van der Waals surface area (Å²) in [6.07, 6.45) is 1.44. The van der Waals surface area contributed by atoms with Gasteiger partial charge in [-0.2, -0.15) is 0 Å². The molecular formula is C14H16ClFN2O3. The average molecular weight is 315 g/mol. The van der Waals surface area contributed by atoms with Crippen molar-refractivity contribution in [2.75, 3.05) is 19.7 Å². The van der Waals surface area contributed by atoms with E-state index in [0.29, 0.717) is 25.3 Å². The standard InChI is InChI=1S/C14H16ClFN2O3/c15-11-6-10(3-4-12(11)16)21-8-13(19)18-5-1-2-9(7-18)14(17)20/h3-4,6,9H,1-2,5,7-8H2,(H2,17,20)/t9-/m1/s1. The van der Waals surface area contributed by atoms with Gasteiger partial charge in [0.05, 0.1) is 10.9 Å². The van der Waals surface area contributed by atoms with Crippen LogP contribution in [0.15, 0.2) is 18.2 Å². The van der Waals surface area contributed by atoms with Gasteiger partial charge in [-0.25, -0.2) is 4.39 Å². The summed E-state index contributed by atoms with van der Waals surface area (Å²) in [7, 11) is 0. The fourth-order valence-electron chi connectivity index (χ4n) is 2.24. The lowest BCUT2D eigenvalue weighted by Crippen LogP contribution is -2.45. The van der Waals surface area contributed by atoms with Crippen molar-refractivity contribution in [3.05, 3.63) is 29.0 Å². The predicted octanol–water partition coefficient (Wildman–Crippen LogP) is 1.58. The minimum Gasteiger partial charge on any atom is -0.484 e. The molecule has 1 aromatic rings. The number of nitrogens with two attached hydrogens (primary N) is 1. The Morgan fingerprint density at radius 3 is 2.90 bits per heavy atom. The maximum absolute atomic E-state index is 13.0. The van der Waals surface area contributed by atoms with Gasteiger partial charge < -0.3 is 15.4 Å². The number of rotatable bonds is 4. The van der Waals surface area contributed by atoms with Gasteiger partial charge in [0.25, 0.3) is 5.91 Å². The van der Waals surface area contributed by atoms with E-state index in [1.807, 2.05) is 0 Å². The number of nitrogens with zero attached hydrogens (tertiary/aromatic N) is 1. The largest absolute Gasteiger partial charge is 0.484 e. The van der Waals surface area contributed by atoms with E-state index in [4.69, 9.17) is 22.1 Å². The molecule has 2 amide bonds. The first kappa shape index (κ1) is 15.6. The maximum atomic E-state index is 13.0. The first-order valence-corrected chi connectivity index (χ1v) is 7.00. The molecule has 7 heteroatoms. The summed E-state index contributed by atoms with van der Waals surface area (Å²) in [4.78, 5) is 24.8. The third-order valence-electron chi connectivity index (χ3n) is 3.43. The van der Waals surface area contributed by atoms with Crippen LogP contribution in [0.4, 0.5) is 4.39 Å². The van der Waals surface area contributed by atoms with E-state index >= 15 is 0 Å². The molecule has 1 atom stereocenters. The molecule has 0 aromatic heterocycles. The van der Waals surface area contributed by atoms with Crippen molar-refractivity contribution in [2.24, 2.45) is 11.7 Å². The Balaban J connectivity index is 1.89. The third-order valence-corrected chi connectivity index (χ3v) is 3.72. The van der Waals surface area contributed by atoms with Crippen molar-refractivity contribution < 1.29 is 18.7 Å². The van der Waals surface area contributed by atoms with E-state index in [-0.39, 0.29) is 23.5 Å². The van der Waals surface area contributed by atoms with Gasteiger partial charge in [-0.05, 0) is 25.0 Å². The van der Waals surface area contributed by atoms with Crippen LogP contribution >= 0.6 is 11.6 Å². The molecule has 0 radical (unpaired) electrons. The highest BCUT2D eigenvalue weighted by atomic mass is 35.5. The summed E-state index contributed by atoms with van der Waals surface area (Å²) in [5.74, 6) is -1.16. The number of ether oxygens (including phenoxy) is 1. The van der Waals surface area contributed by atoms with E-state index < -0.39 is 11.7 Å². The Morgan fingerprint density at radius 2 is 2.24 bits per heavy atom. The SMILES string of the molecule is NC(=O)[C@@H]1CCCN(C(=O)COc2ccc(F)c(Cl)c2)C1. The summed E-state index contributed by atoms with van der Waals surface area (Å²) in [6, 6.07) is 3.88. The number of hydrogen-bond acceptors (Lipinski definition) is 3. The quantitative estimate of drug-likeness (QED) is 0.917. The van der Waals surface area contributed by atoms with Crippen LogP contribution in [-0.4, -0.2) is 36.4 Å². The number of benzene rings is 1. The second-order valence-corrected chi connectivity index (χ2v) is 5.35. The first-order chi connectivity index (χ1) is 9.97. The monoisotopic (exact) mass is 314 g/mol. The van der Waals surface area contributed by atoms with Crippen LogP contribution in [0.2, 0.25) is 5.02 Å². The molecule has 2 rings (SSSR count). The van der Waals surface area contributed by atoms with Crippen LogP contribution in [0.5, 0.6) is 5.75 Å². The normalized spacial score (nSPS) is 18.4. The number of carbonyl (C=O) groups excluding carboxylic acids is 2. The number of carbonyl (C=O) groups is 2. The highest BCUT2D eigenvalue weighted by Gasteiger charge is 2.27. The van der Waals surface area contributed by atoms with E-state index in [9.17, 15) is 14.0 Å². The van der Waals surface area contributed by atoms with Crippen molar-refractivity contribution in [1.29, 1.82) is 0 Å². The molecule has 1 fully saturated rings. The minimum absolute atomic E-state index is 0.0632. The van der Waals surface area contributed by atoms with Gasteiger partial charge in [-0.3, -0.25) is 9.59 Å². The molecule has 21 heavy (non-hydrogen) atoms. The molecular weight excluding hydrogens is 299 g/mol. The lowest BCUT2D eigenvalue weighted by Gasteiger charge is -2.31. The molecule has 1 heterocycles. The molecule has 0 aliphatic carbocycles.